The van der Waals surface area contributed by atoms with Crippen molar-refractivity contribution in [1.29, 1.82) is 0 Å². The van der Waals surface area contributed by atoms with Crippen LogP contribution >= 0.6 is 0 Å². The fraction of sp³-hybridized carbons (Fsp3) is 0.235. The largest absolute Gasteiger partial charge is 0.462 e. The highest BCUT2D eigenvalue weighted by Crippen LogP contribution is 2.40. The number of aryl methyl sites for hydroxylation is 1. The summed E-state index contributed by atoms with van der Waals surface area (Å²) in [4.78, 5) is 42.7. The van der Waals surface area contributed by atoms with Crippen LogP contribution in [-0.4, -0.2) is 27.3 Å². The van der Waals surface area contributed by atoms with E-state index in [4.69, 9.17) is 4.74 Å². The van der Waals surface area contributed by atoms with Gasteiger partial charge in [-0.1, -0.05) is 6.92 Å². The van der Waals surface area contributed by atoms with Gasteiger partial charge in [0.15, 0.2) is 5.69 Å². The predicted molar refractivity (Wildman–Crippen MR) is 101 cm³/mol. The highest BCUT2D eigenvalue weighted by atomic mass is 16.6. The van der Waals surface area contributed by atoms with Crippen LogP contribution in [0.2, 0.25) is 0 Å². The fourth-order valence-corrected chi connectivity index (χ4v) is 2.51. The third-order valence-corrected chi connectivity index (χ3v) is 3.84. The Morgan fingerprint density at radius 1 is 1.00 bits per heavy atom. The van der Waals surface area contributed by atoms with Gasteiger partial charge in [0.1, 0.15) is 0 Å². The van der Waals surface area contributed by atoms with Crippen LogP contribution in [-0.2, 0) is 4.74 Å². The van der Waals surface area contributed by atoms with E-state index in [1.165, 1.54) is 18.2 Å². The summed E-state index contributed by atoms with van der Waals surface area (Å²) in [5.74, 6) is -0.539. The van der Waals surface area contributed by atoms with Crippen molar-refractivity contribution in [3.63, 3.8) is 0 Å². The maximum Gasteiger partial charge on any atom is 0.338 e. The quantitative estimate of drug-likeness (QED) is 0.388. The average Bonchev–Trinajstić information content (AvgIpc) is 2.65. The first-order chi connectivity index (χ1) is 13.6. The summed E-state index contributed by atoms with van der Waals surface area (Å²) in [7, 11) is 0. The van der Waals surface area contributed by atoms with E-state index in [0.29, 0.717) is 24.1 Å². The van der Waals surface area contributed by atoms with Gasteiger partial charge in [0.05, 0.1) is 39.1 Å². The van der Waals surface area contributed by atoms with Crippen LogP contribution < -0.4 is 5.32 Å². The zero-order valence-electron chi connectivity index (χ0n) is 15.4. The number of carbonyl (C=O) groups is 1. The van der Waals surface area contributed by atoms with E-state index in [0.717, 1.165) is 0 Å². The zero-order chi connectivity index (χ0) is 21.7. The Morgan fingerprint density at radius 2 is 1.59 bits per heavy atom. The number of benzene rings is 2. The molecule has 0 saturated heterocycles. The van der Waals surface area contributed by atoms with Gasteiger partial charge in [-0.15, -0.1) is 0 Å². The van der Waals surface area contributed by atoms with E-state index in [-0.39, 0.29) is 17.9 Å². The molecule has 12 heteroatoms. The fourth-order valence-electron chi connectivity index (χ4n) is 2.51. The van der Waals surface area contributed by atoms with Crippen LogP contribution in [0.15, 0.2) is 30.3 Å². The van der Waals surface area contributed by atoms with Crippen LogP contribution in [0.4, 0.5) is 28.4 Å². The van der Waals surface area contributed by atoms with Gasteiger partial charge >= 0.3 is 17.3 Å². The van der Waals surface area contributed by atoms with Gasteiger partial charge in [-0.25, -0.2) is 4.79 Å². The van der Waals surface area contributed by atoms with Crippen molar-refractivity contribution in [2.45, 2.75) is 20.3 Å². The first-order valence-corrected chi connectivity index (χ1v) is 8.31. The predicted octanol–water partition coefficient (Wildman–Crippen LogP) is 4.03. The van der Waals surface area contributed by atoms with Gasteiger partial charge in [-0.05, 0) is 37.1 Å². The second kappa shape index (κ2) is 8.73. The lowest BCUT2D eigenvalue weighted by atomic mass is 10.1. The number of non-ortho nitro benzene ring substituents is 1. The van der Waals surface area contributed by atoms with E-state index in [1.54, 1.807) is 6.92 Å². The standard InChI is InChI=1S/C17H16N4O8/c1-3-6-29-17(22)13-5-4-11(7-10(13)2)18-16-14(20(25)26)8-12(19(23)24)9-15(16)21(27)28/h4-5,7-9,18H,3,6H2,1-2H3. The Labute approximate surface area is 163 Å². The summed E-state index contributed by atoms with van der Waals surface area (Å²) in [6.07, 6.45) is 0.651. The topological polar surface area (TPSA) is 168 Å². The maximum atomic E-state index is 12.0. The molecule has 0 aliphatic heterocycles. The molecule has 12 nitrogen and oxygen atoms in total. The number of carbonyl (C=O) groups excluding carboxylic acids is 1. The number of nitro groups is 3. The SMILES string of the molecule is CCCOC(=O)c1ccc(Nc2c([N+](=O)[O-])cc([N+](=O)[O-])cc2[N+](=O)[O-])cc1C. The third kappa shape index (κ3) is 4.80. The smallest absolute Gasteiger partial charge is 0.338 e. The molecule has 0 aliphatic rings. The Balaban J connectivity index is 2.49. The minimum Gasteiger partial charge on any atom is -0.462 e. The number of nitrogens with zero attached hydrogens (tertiary/aromatic N) is 3. The molecule has 0 amide bonds. The summed E-state index contributed by atoms with van der Waals surface area (Å²) in [6, 6.07) is 5.54. The van der Waals surface area contributed by atoms with E-state index < -0.39 is 43.5 Å². The number of esters is 1. The summed E-state index contributed by atoms with van der Waals surface area (Å²) in [6.45, 7) is 3.70. The second-order valence-electron chi connectivity index (χ2n) is 5.92. The average molecular weight is 404 g/mol. The molecule has 1 N–H and O–H groups in total. The molecular weight excluding hydrogens is 388 g/mol. The van der Waals surface area contributed by atoms with Crippen molar-refractivity contribution in [2.75, 3.05) is 11.9 Å². The van der Waals surface area contributed by atoms with E-state index in [2.05, 4.69) is 5.32 Å². The molecule has 2 aromatic carbocycles. The van der Waals surface area contributed by atoms with Crippen molar-refractivity contribution in [3.05, 3.63) is 71.8 Å². The first kappa shape index (κ1) is 21.2. The molecule has 0 aliphatic carbocycles. The lowest BCUT2D eigenvalue weighted by molar-refractivity contribution is -0.401. The van der Waals surface area contributed by atoms with E-state index in [1.807, 2.05) is 6.92 Å². The lowest BCUT2D eigenvalue weighted by Gasteiger charge is -2.11. The monoisotopic (exact) mass is 404 g/mol. The zero-order valence-corrected chi connectivity index (χ0v) is 15.4. The molecule has 0 spiro atoms. The molecule has 0 bridgehead atoms. The molecule has 152 valence electrons. The van der Waals surface area contributed by atoms with Gasteiger partial charge in [-0.2, -0.15) is 0 Å². The van der Waals surface area contributed by atoms with Crippen LogP contribution in [0.25, 0.3) is 0 Å². The summed E-state index contributed by atoms with van der Waals surface area (Å²) in [5.41, 5.74) is -1.97. The number of hydrogen-bond acceptors (Lipinski definition) is 9. The summed E-state index contributed by atoms with van der Waals surface area (Å²) in [5, 5.41) is 36.2. The first-order valence-electron chi connectivity index (χ1n) is 8.31. The molecule has 0 atom stereocenters. The van der Waals surface area contributed by atoms with Crippen molar-refractivity contribution >= 4 is 34.4 Å². The number of anilines is 2. The van der Waals surface area contributed by atoms with Crippen LogP contribution in [0.5, 0.6) is 0 Å². The third-order valence-electron chi connectivity index (χ3n) is 3.84. The number of ether oxygens (including phenoxy) is 1. The summed E-state index contributed by atoms with van der Waals surface area (Å²) < 4.78 is 5.05. The van der Waals surface area contributed by atoms with Crippen molar-refractivity contribution in [1.82, 2.24) is 0 Å². The molecule has 0 aromatic heterocycles. The Kier molecular flexibility index (Phi) is 6.39. The molecule has 0 fully saturated rings. The van der Waals surface area contributed by atoms with Crippen molar-refractivity contribution < 1.29 is 24.3 Å². The summed E-state index contributed by atoms with van der Waals surface area (Å²) >= 11 is 0. The van der Waals surface area contributed by atoms with Crippen LogP contribution in [0.1, 0.15) is 29.3 Å². The maximum absolute atomic E-state index is 12.0. The van der Waals surface area contributed by atoms with Gasteiger partial charge in [0.2, 0.25) is 0 Å². The highest BCUT2D eigenvalue weighted by molar-refractivity contribution is 5.92. The Morgan fingerprint density at radius 3 is 2.03 bits per heavy atom. The van der Waals surface area contributed by atoms with Crippen LogP contribution in [0.3, 0.4) is 0 Å². The number of rotatable bonds is 8. The number of nitro benzene ring substituents is 3. The minimum absolute atomic E-state index is 0.217. The van der Waals surface area contributed by atoms with E-state index in [9.17, 15) is 35.1 Å². The lowest BCUT2D eigenvalue weighted by Crippen LogP contribution is -2.08. The molecule has 0 heterocycles. The molecule has 0 unspecified atom stereocenters. The number of hydrogen-bond donors (Lipinski definition) is 1. The Hall–Kier alpha value is -4.09. The van der Waals surface area contributed by atoms with E-state index >= 15 is 0 Å². The van der Waals surface area contributed by atoms with Crippen molar-refractivity contribution in [2.24, 2.45) is 0 Å². The Bertz CT molecular complexity index is 970. The van der Waals surface area contributed by atoms with Crippen LogP contribution in [0, 0.1) is 37.3 Å². The number of nitrogens with one attached hydrogen (secondary N) is 1. The minimum atomic E-state index is -0.954. The second-order valence-corrected chi connectivity index (χ2v) is 5.92. The molecule has 2 aromatic rings. The molecular formula is C17H16N4O8. The van der Waals surface area contributed by atoms with Gasteiger partial charge in [0, 0.05) is 5.69 Å². The molecule has 0 radical (unpaired) electrons. The molecule has 29 heavy (non-hydrogen) atoms. The van der Waals surface area contributed by atoms with Gasteiger partial charge < -0.3 is 10.1 Å². The van der Waals surface area contributed by atoms with Gasteiger partial charge in [0.25, 0.3) is 5.69 Å². The van der Waals surface area contributed by atoms with Crippen molar-refractivity contribution in [3.8, 4) is 0 Å². The molecule has 2 rings (SSSR count). The highest BCUT2D eigenvalue weighted by Gasteiger charge is 2.30. The molecule has 0 saturated carbocycles. The normalized spacial score (nSPS) is 10.3. The van der Waals surface area contributed by atoms with Gasteiger partial charge in [-0.3, -0.25) is 30.3 Å².